The molecular weight excluding hydrogens is 435 g/mol. The summed E-state index contributed by atoms with van der Waals surface area (Å²) in [5.41, 5.74) is 4.90. The normalized spacial score (nSPS) is 37.5. The monoisotopic (exact) mass is 467 g/mol. The smallest absolute Gasteiger partial charge is 0.381 e. The minimum Gasteiger partial charge on any atom is -0.381 e. The van der Waals surface area contributed by atoms with Crippen LogP contribution in [0.4, 0.5) is 13.2 Å². The van der Waals surface area contributed by atoms with Crippen LogP contribution in [0.3, 0.4) is 0 Å². The molecule has 3 rings (SSSR count). The van der Waals surface area contributed by atoms with Gasteiger partial charge in [0.05, 0.1) is 6.10 Å². The molecule has 1 saturated heterocycles. The molecule has 0 aromatic rings. The van der Waals surface area contributed by atoms with Crippen LogP contribution < -0.4 is 21.5 Å². The van der Waals surface area contributed by atoms with E-state index in [1.807, 2.05) is 0 Å². The highest BCUT2D eigenvalue weighted by Gasteiger charge is 2.49. The summed E-state index contributed by atoms with van der Waals surface area (Å²) in [7, 11) is 1.67. The first-order valence-electron chi connectivity index (χ1n) is 11.1. The van der Waals surface area contributed by atoms with E-state index in [1.165, 1.54) is 6.92 Å². The maximum absolute atomic E-state index is 13.2. The molecule has 1 aliphatic heterocycles. The molecule has 178 valence electrons. The topological polar surface area (TPSA) is 86.8 Å². The Morgan fingerprint density at radius 1 is 1.13 bits per heavy atom. The number of hydrazine groups is 1. The van der Waals surface area contributed by atoms with E-state index in [0.717, 1.165) is 32.1 Å². The van der Waals surface area contributed by atoms with E-state index in [1.54, 1.807) is 7.11 Å². The van der Waals surface area contributed by atoms with E-state index < -0.39 is 24.3 Å². The standard InChI is InChI=1S/C20H33ClF3N5O2/c1-11-16(20(22,23)24)28-29-17(11)26-19(25-14-5-3-4-13(21)10-14)27-18(30)12-6-8-15(31-2)9-7-12/h11-17,28-29H,3-10H2,1-2H3,(H2,25,26,27,30). The number of amides is 1. The minimum absolute atomic E-state index is 0.0163. The molecule has 3 fully saturated rings. The molecule has 2 saturated carbocycles. The quantitative estimate of drug-likeness (QED) is 0.290. The highest BCUT2D eigenvalue weighted by molar-refractivity contribution is 6.20. The number of ether oxygens (including phenoxy) is 1. The van der Waals surface area contributed by atoms with E-state index in [4.69, 9.17) is 16.3 Å². The number of methoxy groups -OCH3 is 1. The lowest BCUT2D eigenvalue weighted by Gasteiger charge is -2.30. The molecular formula is C20H33ClF3N5O2. The lowest BCUT2D eigenvalue weighted by atomic mass is 9.87. The van der Waals surface area contributed by atoms with Crippen LogP contribution in [0.1, 0.15) is 58.3 Å². The summed E-state index contributed by atoms with van der Waals surface area (Å²) in [6, 6.07) is -1.69. The fraction of sp³-hybridized carbons (Fsp3) is 0.900. The van der Waals surface area contributed by atoms with Crippen molar-refractivity contribution in [3.8, 4) is 0 Å². The van der Waals surface area contributed by atoms with Crippen LogP contribution in [0.15, 0.2) is 4.99 Å². The molecule has 0 aromatic carbocycles. The first kappa shape index (κ1) is 24.5. The van der Waals surface area contributed by atoms with Gasteiger partial charge in [0.2, 0.25) is 5.91 Å². The number of halogens is 4. The molecule has 31 heavy (non-hydrogen) atoms. The molecule has 2 aliphatic carbocycles. The molecule has 0 aromatic heterocycles. The van der Waals surface area contributed by atoms with Gasteiger partial charge in [0.25, 0.3) is 0 Å². The van der Waals surface area contributed by atoms with Crippen molar-refractivity contribution in [2.75, 3.05) is 7.11 Å². The van der Waals surface area contributed by atoms with E-state index >= 15 is 0 Å². The third-order valence-corrected chi connectivity index (χ3v) is 7.00. The third-order valence-electron chi connectivity index (χ3n) is 6.60. The Hall–Kier alpha value is -1.10. The predicted molar refractivity (Wildman–Crippen MR) is 112 cm³/mol. The van der Waals surface area contributed by atoms with Gasteiger partial charge in [-0.1, -0.05) is 6.92 Å². The van der Waals surface area contributed by atoms with Crippen molar-refractivity contribution in [3.05, 3.63) is 0 Å². The van der Waals surface area contributed by atoms with Gasteiger partial charge in [0.15, 0.2) is 5.96 Å². The summed E-state index contributed by atoms with van der Waals surface area (Å²) < 4.78 is 44.9. The van der Waals surface area contributed by atoms with Crippen molar-refractivity contribution in [1.82, 2.24) is 21.5 Å². The maximum Gasteiger partial charge on any atom is 0.405 e. The van der Waals surface area contributed by atoms with Crippen LogP contribution in [0.2, 0.25) is 0 Å². The second kappa shape index (κ2) is 10.7. The minimum atomic E-state index is -4.39. The van der Waals surface area contributed by atoms with Crippen LogP contribution >= 0.6 is 11.6 Å². The molecule has 4 N–H and O–H groups in total. The zero-order valence-electron chi connectivity index (χ0n) is 18.0. The molecule has 0 bridgehead atoms. The summed E-state index contributed by atoms with van der Waals surface area (Å²) in [5, 5.41) is 6.12. The van der Waals surface area contributed by atoms with Crippen molar-refractivity contribution in [2.24, 2.45) is 16.8 Å². The molecule has 1 amide bonds. The van der Waals surface area contributed by atoms with Crippen molar-refractivity contribution in [3.63, 3.8) is 0 Å². The summed E-state index contributed by atoms with van der Waals surface area (Å²) in [6.45, 7) is 1.49. The van der Waals surface area contributed by atoms with Gasteiger partial charge in [0.1, 0.15) is 12.2 Å². The average molecular weight is 468 g/mol. The maximum atomic E-state index is 13.2. The Morgan fingerprint density at radius 2 is 1.84 bits per heavy atom. The van der Waals surface area contributed by atoms with Crippen LogP contribution in [0.25, 0.3) is 0 Å². The van der Waals surface area contributed by atoms with Gasteiger partial charge in [-0.3, -0.25) is 10.1 Å². The number of nitrogens with zero attached hydrogens (tertiary/aromatic N) is 1. The Labute approximate surface area is 186 Å². The Morgan fingerprint density at radius 3 is 2.42 bits per heavy atom. The van der Waals surface area contributed by atoms with Gasteiger partial charge in [-0.2, -0.15) is 13.2 Å². The summed E-state index contributed by atoms with van der Waals surface area (Å²) >= 11 is 6.29. The molecule has 0 spiro atoms. The molecule has 0 radical (unpaired) electrons. The molecule has 1 heterocycles. The summed E-state index contributed by atoms with van der Waals surface area (Å²) in [5.74, 6) is -0.952. The number of nitrogens with one attached hydrogen (secondary N) is 4. The third kappa shape index (κ3) is 6.69. The lowest BCUT2D eigenvalue weighted by molar-refractivity contribution is -0.160. The molecule has 11 heteroatoms. The lowest BCUT2D eigenvalue weighted by Crippen LogP contribution is -2.50. The van der Waals surface area contributed by atoms with Crippen molar-refractivity contribution < 1.29 is 22.7 Å². The summed E-state index contributed by atoms with van der Waals surface area (Å²) in [6.07, 6.45) is 1.46. The number of rotatable bonds is 4. The van der Waals surface area contributed by atoms with E-state index in [0.29, 0.717) is 19.3 Å². The van der Waals surface area contributed by atoms with Crippen molar-refractivity contribution in [2.45, 2.75) is 94.2 Å². The number of alkyl halides is 4. The number of guanidine groups is 1. The van der Waals surface area contributed by atoms with Crippen LogP contribution in [0.5, 0.6) is 0 Å². The Kier molecular flexibility index (Phi) is 8.45. The molecule has 7 nitrogen and oxygen atoms in total. The van der Waals surface area contributed by atoms with Crippen LogP contribution in [0, 0.1) is 11.8 Å². The average Bonchev–Trinajstić information content (AvgIpc) is 3.08. The largest absolute Gasteiger partial charge is 0.405 e. The Balaban J connectivity index is 1.69. The van der Waals surface area contributed by atoms with Gasteiger partial charge in [0, 0.05) is 30.4 Å². The second-order valence-corrected chi connectivity index (χ2v) is 9.51. The predicted octanol–water partition coefficient (Wildman–Crippen LogP) is 2.80. The SMILES string of the molecule is COC1CCC(C(=O)N/C(=N\C2NNC(C(F)(F)F)C2C)NC2CCCC(Cl)C2)CC1. The fourth-order valence-electron chi connectivity index (χ4n) is 4.63. The van der Waals surface area contributed by atoms with E-state index in [2.05, 4.69) is 26.5 Å². The van der Waals surface area contributed by atoms with Gasteiger partial charge < -0.3 is 10.1 Å². The first-order chi connectivity index (χ1) is 14.7. The molecule has 5 unspecified atom stereocenters. The second-order valence-electron chi connectivity index (χ2n) is 8.89. The van der Waals surface area contributed by atoms with Crippen LogP contribution in [-0.2, 0) is 9.53 Å². The number of hydrogen-bond donors (Lipinski definition) is 4. The van der Waals surface area contributed by atoms with Gasteiger partial charge in [-0.15, -0.1) is 11.6 Å². The molecule has 3 aliphatic rings. The van der Waals surface area contributed by atoms with E-state index in [-0.39, 0.29) is 35.3 Å². The Bertz CT molecular complexity index is 643. The fourth-order valence-corrected chi connectivity index (χ4v) is 5.00. The zero-order valence-corrected chi connectivity index (χ0v) is 18.7. The highest BCUT2D eigenvalue weighted by Crippen LogP contribution is 2.30. The molecule has 5 atom stereocenters. The zero-order chi connectivity index (χ0) is 22.6. The van der Waals surface area contributed by atoms with Gasteiger partial charge in [-0.05, 0) is 51.4 Å². The first-order valence-corrected chi connectivity index (χ1v) is 11.5. The van der Waals surface area contributed by atoms with E-state index in [9.17, 15) is 18.0 Å². The number of carbonyl (C=O) groups is 1. The number of aliphatic imine (C=N–C) groups is 1. The summed E-state index contributed by atoms with van der Waals surface area (Å²) in [4.78, 5) is 17.3. The number of carbonyl (C=O) groups excluding carboxylic acids is 1. The number of hydrogen-bond acceptors (Lipinski definition) is 5. The van der Waals surface area contributed by atoms with Gasteiger partial charge >= 0.3 is 6.18 Å². The van der Waals surface area contributed by atoms with Crippen LogP contribution in [-0.4, -0.2) is 54.9 Å². The highest BCUT2D eigenvalue weighted by atomic mass is 35.5. The van der Waals surface area contributed by atoms with Crippen molar-refractivity contribution in [1.29, 1.82) is 0 Å². The van der Waals surface area contributed by atoms with Gasteiger partial charge in [-0.25, -0.2) is 15.8 Å². The van der Waals surface area contributed by atoms with Crippen molar-refractivity contribution >= 4 is 23.5 Å².